The monoisotopic (exact) mass is 171 g/mol. The molecule has 13 heavy (non-hydrogen) atoms. The Hall–Kier alpha value is -1.57. The SMILES string of the molecule is C1=Cc2c(oc3cccnc23)CC1. The molecule has 2 nitrogen and oxygen atoms in total. The van der Waals surface area contributed by atoms with E-state index in [1.54, 1.807) is 6.20 Å². The standard InChI is InChI=1S/C11H9NO/c1-2-5-9-8(4-1)11-10(13-9)6-3-7-12-11/h1,3-4,6-7H,2,5H2. The van der Waals surface area contributed by atoms with Crippen LogP contribution in [0.5, 0.6) is 0 Å². The number of rotatable bonds is 0. The highest BCUT2D eigenvalue weighted by molar-refractivity contribution is 5.85. The van der Waals surface area contributed by atoms with Crippen LogP contribution >= 0.6 is 0 Å². The van der Waals surface area contributed by atoms with Gasteiger partial charge < -0.3 is 4.42 Å². The van der Waals surface area contributed by atoms with Crippen LogP contribution in [0.1, 0.15) is 17.7 Å². The summed E-state index contributed by atoms with van der Waals surface area (Å²) in [6, 6.07) is 3.87. The number of hydrogen-bond acceptors (Lipinski definition) is 2. The molecule has 0 bridgehead atoms. The predicted molar refractivity (Wildman–Crippen MR) is 51.4 cm³/mol. The molecule has 0 aromatic carbocycles. The molecule has 0 spiro atoms. The molecular weight excluding hydrogens is 162 g/mol. The maximum absolute atomic E-state index is 5.68. The highest BCUT2D eigenvalue weighted by Gasteiger charge is 2.14. The third-order valence-corrected chi connectivity index (χ3v) is 2.38. The maximum Gasteiger partial charge on any atom is 0.153 e. The van der Waals surface area contributed by atoms with E-state index in [-0.39, 0.29) is 0 Å². The van der Waals surface area contributed by atoms with Gasteiger partial charge in [-0.2, -0.15) is 0 Å². The molecule has 0 fully saturated rings. The van der Waals surface area contributed by atoms with E-state index in [9.17, 15) is 0 Å². The zero-order valence-electron chi connectivity index (χ0n) is 7.16. The van der Waals surface area contributed by atoms with Crippen molar-refractivity contribution in [1.29, 1.82) is 0 Å². The first kappa shape index (κ1) is 6.89. The lowest BCUT2D eigenvalue weighted by Crippen LogP contribution is -1.88. The molecule has 1 aliphatic carbocycles. The Morgan fingerprint density at radius 2 is 2.38 bits per heavy atom. The normalized spacial score (nSPS) is 14.8. The van der Waals surface area contributed by atoms with Gasteiger partial charge in [-0.15, -0.1) is 0 Å². The molecule has 0 saturated heterocycles. The van der Waals surface area contributed by atoms with Crippen molar-refractivity contribution in [3.8, 4) is 0 Å². The number of allylic oxidation sites excluding steroid dienone is 1. The third kappa shape index (κ3) is 0.917. The summed E-state index contributed by atoms with van der Waals surface area (Å²) in [5, 5.41) is 0. The maximum atomic E-state index is 5.68. The van der Waals surface area contributed by atoms with Crippen molar-refractivity contribution in [2.45, 2.75) is 12.8 Å². The van der Waals surface area contributed by atoms with Gasteiger partial charge in [-0.3, -0.25) is 4.98 Å². The minimum atomic E-state index is 0.902. The van der Waals surface area contributed by atoms with Crippen LogP contribution in [-0.2, 0) is 6.42 Å². The van der Waals surface area contributed by atoms with Crippen LogP contribution in [0.15, 0.2) is 28.8 Å². The molecule has 64 valence electrons. The van der Waals surface area contributed by atoms with Crippen molar-refractivity contribution in [3.05, 3.63) is 35.7 Å². The van der Waals surface area contributed by atoms with Crippen molar-refractivity contribution in [3.63, 3.8) is 0 Å². The predicted octanol–water partition coefficient (Wildman–Crippen LogP) is 2.79. The van der Waals surface area contributed by atoms with E-state index in [0.29, 0.717) is 0 Å². The number of aryl methyl sites for hydroxylation is 1. The number of fused-ring (bicyclic) bond motifs is 3. The number of nitrogens with zero attached hydrogens (tertiary/aromatic N) is 1. The molecule has 1 aliphatic rings. The zero-order valence-corrected chi connectivity index (χ0v) is 7.16. The highest BCUT2D eigenvalue weighted by atomic mass is 16.3. The summed E-state index contributed by atoms with van der Waals surface area (Å²) in [7, 11) is 0. The van der Waals surface area contributed by atoms with Gasteiger partial charge in [0.2, 0.25) is 0 Å². The van der Waals surface area contributed by atoms with E-state index < -0.39 is 0 Å². The lowest BCUT2D eigenvalue weighted by molar-refractivity contribution is 0.546. The first-order valence-corrected chi connectivity index (χ1v) is 4.48. The molecule has 0 radical (unpaired) electrons. The van der Waals surface area contributed by atoms with Gasteiger partial charge in [-0.1, -0.05) is 12.2 Å². The Morgan fingerprint density at radius 3 is 3.38 bits per heavy atom. The van der Waals surface area contributed by atoms with Crippen LogP contribution in [-0.4, -0.2) is 4.98 Å². The summed E-state index contributed by atoms with van der Waals surface area (Å²) in [6.45, 7) is 0. The molecule has 0 aliphatic heterocycles. The number of hydrogen-bond donors (Lipinski definition) is 0. The first-order chi connectivity index (χ1) is 6.45. The van der Waals surface area contributed by atoms with E-state index in [4.69, 9.17) is 4.42 Å². The van der Waals surface area contributed by atoms with Crippen molar-refractivity contribution < 1.29 is 4.42 Å². The number of furan rings is 1. The largest absolute Gasteiger partial charge is 0.459 e. The van der Waals surface area contributed by atoms with Gasteiger partial charge in [0.15, 0.2) is 5.58 Å². The summed E-state index contributed by atoms with van der Waals surface area (Å²) < 4.78 is 5.68. The second kappa shape index (κ2) is 2.46. The van der Waals surface area contributed by atoms with E-state index >= 15 is 0 Å². The fraction of sp³-hybridized carbons (Fsp3) is 0.182. The van der Waals surface area contributed by atoms with Gasteiger partial charge in [0.25, 0.3) is 0 Å². The van der Waals surface area contributed by atoms with Crippen LogP contribution in [0.4, 0.5) is 0 Å². The van der Waals surface area contributed by atoms with Crippen LogP contribution in [0.25, 0.3) is 17.2 Å². The zero-order chi connectivity index (χ0) is 8.67. The fourth-order valence-corrected chi connectivity index (χ4v) is 1.77. The van der Waals surface area contributed by atoms with Gasteiger partial charge >= 0.3 is 0 Å². The molecule has 0 saturated carbocycles. The Balaban J connectivity index is 2.42. The van der Waals surface area contributed by atoms with E-state index in [1.165, 1.54) is 5.56 Å². The molecule has 0 atom stereocenters. The van der Waals surface area contributed by atoms with E-state index in [0.717, 1.165) is 29.7 Å². The minimum Gasteiger partial charge on any atom is -0.459 e. The quantitative estimate of drug-likeness (QED) is 0.609. The van der Waals surface area contributed by atoms with Crippen molar-refractivity contribution in [1.82, 2.24) is 4.98 Å². The molecule has 3 rings (SSSR count). The van der Waals surface area contributed by atoms with Crippen molar-refractivity contribution in [2.24, 2.45) is 0 Å². The van der Waals surface area contributed by atoms with Crippen molar-refractivity contribution >= 4 is 17.2 Å². The van der Waals surface area contributed by atoms with Crippen LogP contribution in [0.3, 0.4) is 0 Å². The van der Waals surface area contributed by atoms with Gasteiger partial charge in [-0.05, 0) is 18.6 Å². The average molecular weight is 171 g/mol. The summed E-state index contributed by atoms with van der Waals surface area (Å²) in [5.74, 6) is 1.08. The summed E-state index contributed by atoms with van der Waals surface area (Å²) in [4.78, 5) is 4.31. The lowest BCUT2D eigenvalue weighted by Gasteiger charge is -2.00. The van der Waals surface area contributed by atoms with Gasteiger partial charge in [0.1, 0.15) is 11.3 Å². The molecule has 2 heterocycles. The molecule has 0 amide bonds. The molecular formula is C11H9NO. The molecule has 0 N–H and O–H groups in total. The number of pyridine rings is 1. The van der Waals surface area contributed by atoms with Gasteiger partial charge in [0, 0.05) is 18.2 Å². The van der Waals surface area contributed by atoms with Crippen LogP contribution in [0.2, 0.25) is 0 Å². The second-order valence-corrected chi connectivity index (χ2v) is 3.23. The number of aromatic nitrogens is 1. The Labute approximate surface area is 75.9 Å². The second-order valence-electron chi connectivity index (χ2n) is 3.23. The summed E-state index contributed by atoms with van der Waals surface area (Å²) in [5.41, 5.74) is 3.06. The van der Waals surface area contributed by atoms with Crippen LogP contribution in [0, 0.1) is 0 Å². The summed E-state index contributed by atoms with van der Waals surface area (Å²) in [6.07, 6.45) is 8.17. The van der Waals surface area contributed by atoms with E-state index in [1.807, 2.05) is 12.1 Å². The van der Waals surface area contributed by atoms with E-state index in [2.05, 4.69) is 17.1 Å². The molecule has 2 aromatic rings. The fourth-order valence-electron chi connectivity index (χ4n) is 1.77. The Bertz CT molecular complexity index is 482. The third-order valence-electron chi connectivity index (χ3n) is 2.38. The Kier molecular flexibility index (Phi) is 1.30. The van der Waals surface area contributed by atoms with Crippen LogP contribution < -0.4 is 0 Å². The molecule has 2 aromatic heterocycles. The molecule has 2 heteroatoms. The topological polar surface area (TPSA) is 26.0 Å². The van der Waals surface area contributed by atoms with Gasteiger partial charge in [-0.25, -0.2) is 0 Å². The minimum absolute atomic E-state index is 0.902. The smallest absolute Gasteiger partial charge is 0.153 e. The lowest BCUT2D eigenvalue weighted by atomic mass is 10.1. The summed E-state index contributed by atoms with van der Waals surface area (Å²) >= 11 is 0. The Morgan fingerprint density at radius 1 is 1.38 bits per heavy atom. The molecule has 0 unspecified atom stereocenters. The first-order valence-electron chi connectivity index (χ1n) is 4.48. The van der Waals surface area contributed by atoms with Gasteiger partial charge in [0.05, 0.1) is 0 Å². The van der Waals surface area contributed by atoms with Crippen molar-refractivity contribution in [2.75, 3.05) is 0 Å². The average Bonchev–Trinajstić information content (AvgIpc) is 2.56. The highest BCUT2D eigenvalue weighted by Crippen LogP contribution is 2.28.